The van der Waals surface area contributed by atoms with Crippen LogP contribution in [0, 0.1) is 0 Å². The molecule has 1 aliphatic rings. The summed E-state index contributed by atoms with van der Waals surface area (Å²) in [5, 5.41) is 1.50. The first-order valence-electron chi connectivity index (χ1n) is 8.01. The fraction of sp³-hybridized carbons (Fsp3) is 0.0500. The Morgan fingerprint density at radius 3 is 2.23 bits per heavy atom. The van der Waals surface area contributed by atoms with Crippen LogP contribution in [0.3, 0.4) is 0 Å². The molecule has 3 heterocycles. The van der Waals surface area contributed by atoms with Gasteiger partial charge in [0, 0.05) is 16.8 Å². The van der Waals surface area contributed by atoms with Gasteiger partial charge in [0.25, 0.3) is 11.8 Å². The number of imide groups is 1. The van der Waals surface area contributed by atoms with Crippen molar-refractivity contribution in [3.8, 4) is 0 Å². The molecule has 0 fully saturated rings. The Morgan fingerprint density at radius 2 is 1.50 bits per heavy atom. The second-order valence-electron chi connectivity index (χ2n) is 6.11. The topological polar surface area (TPSA) is 80.7 Å². The molecular weight excluding hydrogens is 334 g/mol. The third-order valence-electron chi connectivity index (χ3n) is 4.61. The van der Waals surface area contributed by atoms with Gasteiger partial charge in [0.2, 0.25) is 0 Å². The zero-order valence-electron chi connectivity index (χ0n) is 13.4. The van der Waals surface area contributed by atoms with Crippen molar-refractivity contribution in [2.24, 2.45) is 0 Å². The highest BCUT2D eigenvalue weighted by Gasteiger charge is 2.36. The predicted molar refractivity (Wildman–Crippen MR) is 92.9 cm³/mol. The largest absolute Gasteiger partial charge is 0.464 e. The second-order valence-corrected chi connectivity index (χ2v) is 6.11. The lowest BCUT2D eigenvalue weighted by Crippen LogP contribution is -2.29. The van der Waals surface area contributed by atoms with Crippen molar-refractivity contribution < 1.29 is 18.4 Å². The highest BCUT2D eigenvalue weighted by Crippen LogP contribution is 2.32. The summed E-state index contributed by atoms with van der Waals surface area (Å²) < 4.78 is 10.9. The van der Waals surface area contributed by atoms with E-state index < -0.39 is 5.63 Å². The molecule has 0 unspecified atom stereocenters. The summed E-state index contributed by atoms with van der Waals surface area (Å²) >= 11 is 0. The van der Waals surface area contributed by atoms with Gasteiger partial charge in [0.1, 0.15) is 11.2 Å². The van der Waals surface area contributed by atoms with E-state index in [1.807, 2.05) is 6.07 Å². The smallest absolute Gasteiger partial charge is 0.336 e. The quantitative estimate of drug-likeness (QED) is 0.411. The first kappa shape index (κ1) is 14.7. The zero-order chi connectivity index (χ0) is 17.8. The van der Waals surface area contributed by atoms with Gasteiger partial charge in [-0.15, -0.1) is 0 Å². The van der Waals surface area contributed by atoms with E-state index in [2.05, 4.69) is 0 Å². The molecule has 4 aromatic rings. The average Bonchev–Trinajstić information content (AvgIpc) is 3.21. The minimum absolute atomic E-state index is 0.0410. The lowest BCUT2D eigenvalue weighted by atomic mass is 10.1. The number of hydrogen-bond donors (Lipinski definition) is 0. The van der Waals surface area contributed by atoms with E-state index in [-0.39, 0.29) is 18.4 Å². The van der Waals surface area contributed by atoms with Gasteiger partial charge in [-0.2, -0.15) is 0 Å². The van der Waals surface area contributed by atoms with Crippen LogP contribution in [0.4, 0.5) is 0 Å². The third kappa shape index (κ3) is 1.96. The molecule has 0 atom stereocenters. The second kappa shape index (κ2) is 5.16. The van der Waals surface area contributed by atoms with Crippen LogP contribution in [0.25, 0.3) is 21.9 Å². The molecule has 126 valence electrons. The molecule has 0 N–H and O–H groups in total. The van der Waals surface area contributed by atoms with Gasteiger partial charge >= 0.3 is 5.63 Å². The van der Waals surface area contributed by atoms with E-state index in [1.54, 1.807) is 36.4 Å². The molecule has 5 rings (SSSR count). The monoisotopic (exact) mass is 345 g/mol. The van der Waals surface area contributed by atoms with Gasteiger partial charge in [-0.3, -0.25) is 14.5 Å². The Balaban J connectivity index is 1.71. The summed E-state index contributed by atoms with van der Waals surface area (Å²) in [6, 6.07) is 13.3. The zero-order valence-corrected chi connectivity index (χ0v) is 13.4. The first-order chi connectivity index (χ1) is 12.6. The molecule has 0 saturated heterocycles. The van der Waals surface area contributed by atoms with E-state index in [1.165, 1.54) is 12.3 Å². The maximum Gasteiger partial charge on any atom is 0.336 e. The maximum atomic E-state index is 12.7. The summed E-state index contributed by atoms with van der Waals surface area (Å²) in [7, 11) is 0. The molecule has 0 spiro atoms. The minimum Gasteiger partial charge on any atom is -0.464 e. The molecule has 2 aromatic carbocycles. The number of hydrogen-bond acceptors (Lipinski definition) is 5. The van der Waals surface area contributed by atoms with Gasteiger partial charge < -0.3 is 8.83 Å². The molecule has 2 aromatic heterocycles. The molecule has 26 heavy (non-hydrogen) atoms. The van der Waals surface area contributed by atoms with Crippen LogP contribution in [0.5, 0.6) is 0 Å². The van der Waals surface area contributed by atoms with Gasteiger partial charge in [-0.05, 0) is 30.3 Å². The molecule has 1 aliphatic heterocycles. The van der Waals surface area contributed by atoms with Crippen molar-refractivity contribution in [1.29, 1.82) is 0 Å². The fourth-order valence-electron chi connectivity index (χ4n) is 3.41. The molecule has 0 bridgehead atoms. The molecule has 6 heteroatoms. The number of rotatable bonds is 2. The third-order valence-corrected chi connectivity index (χ3v) is 4.61. The van der Waals surface area contributed by atoms with Crippen molar-refractivity contribution in [3.05, 3.63) is 81.9 Å². The highest BCUT2D eigenvalue weighted by atomic mass is 16.4. The Bertz CT molecular complexity index is 1250. The molecule has 6 nitrogen and oxygen atoms in total. The molecular formula is C20H11NO5. The highest BCUT2D eigenvalue weighted by molar-refractivity contribution is 6.21. The van der Waals surface area contributed by atoms with Crippen molar-refractivity contribution in [3.63, 3.8) is 0 Å². The Hall–Kier alpha value is -3.67. The Morgan fingerprint density at radius 1 is 0.808 bits per heavy atom. The lowest BCUT2D eigenvalue weighted by Gasteiger charge is -2.15. The molecule has 0 radical (unpaired) electrons. The van der Waals surface area contributed by atoms with Crippen LogP contribution >= 0.6 is 0 Å². The van der Waals surface area contributed by atoms with Crippen LogP contribution < -0.4 is 5.63 Å². The van der Waals surface area contributed by atoms with E-state index in [9.17, 15) is 14.4 Å². The Kier molecular flexibility index (Phi) is 2.91. The number of benzene rings is 2. The first-order valence-corrected chi connectivity index (χ1v) is 8.01. The number of carbonyl (C=O) groups is 2. The van der Waals surface area contributed by atoms with E-state index >= 15 is 0 Å². The van der Waals surface area contributed by atoms with Crippen molar-refractivity contribution in [2.45, 2.75) is 6.54 Å². The van der Waals surface area contributed by atoms with Gasteiger partial charge in [-0.25, -0.2) is 4.79 Å². The molecule has 2 amide bonds. The standard InChI is InChI=1S/C20H11NO5/c22-16-6-5-11-9-12-7-8-25-17(12)15(18(11)26-16)10-21-19(23)13-3-1-2-4-14(13)20(21)24/h1-9H,10H2. The average molecular weight is 345 g/mol. The fourth-order valence-corrected chi connectivity index (χ4v) is 3.41. The van der Waals surface area contributed by atoms with E-state index in [4.69, 9.17) is 8.83 Å². The Labute approximate surface area is 146 Å². The summed E-state index contributed by atoms with van der Waals surface area (Å²) in [6.45, 7) is -0.0410. The van der Waals surface area contributed by atoms with Crippen molar-refractivity contribution in [1.82, 2.24) is 4.90 Å². The van der Waals surface area contributed by atoms with Gasteiger partial charge in [0.05, 0.1) is 29.5 Å². The van der Waals surface area contributed by atoms with Crippen molar-refractivity contribution in [2.75, 3.05) is 0 Å². The number of carbonyl (C=O) groups excluding carboxylic acids is 2. The number of amides is 2. The molecule has 0 aliphatic carbocycles. The van der Waals surface area contributed by atoms with Crippen LogP contribution in [-0.4, -0.2) is 16.7 Å². The van der Waals surface area contributed by atoms with Gasteiger partial charge in [0.15, 0.2) is 0 Å². The minimum atomic E-state index is -0.507. The van der Waals surface area contributed by atoms with Crippen molar-refractivity contribution >= 4 is 33.8 Å². The summed E-state index contributed by atoms with van der Waals surface area (Å²) in [4.78, 5) is 38.2. The maximum absolute atomic E-state index is 12.7. The molecule has 0 saturated carbocycles. The van der Waals surface area contributed by atoms with Crippen LogP contribution in [0.2, 0.25) is 0 Å². The van der Waals surface area contributed by atoms with E-state index in [0.717, 1.165) is 10.3 Å². The van der Waals surface area contributed by atoms with E-state index in [0.29, 0.717) is 33.2 Å². The number of fused-ring (bicyclic) bond motifs is 3. The lowest BCUT2D eigenvalue weighted by molar-refractivity contribution is 0.0643. The van der Waals surface area contributed by atoms with Crippen LogP contribution in [-0.2, 0) is 6.54 Å². The summed E-state index contributed by atoms with van der Waals surface area (Å²) in [6.07, 6.45) is 1.52. The SMILES string of the molecule is O=C1c2ccccc2C(=O)N1Cc1c2occc2cc2ccc(=O)oc12. The van der Waals surface area contributed by atoms with Crippen LogP contribution in [0.15, 0.2) is 68.4 Å². The normalized spacial score (nSPS) is 13.8. The summed E-state index contributed by atoms with van der Waals surface area (Å²) in [5.41, 5.74) is 1.53. The number of furan rings is 1. The van der Waals surface area contributed by atoms with Crippen LogP contribution in [0.1, 0.15) is 26.3 Å². The van der Waals surface area contributed by atoms with Gasteiger partial charge in [-0.1, -0.05) is 12.1 Å². The predicted octanol–water partition coefficient (Wildman–Crippen LogP) is 3.34. The number of nitrogens with zero attached hydrogens (tertiary/aromatic N) is 1. The summed E-state index contributed by atoms with van der Waals surface area (Å²) in [5.74, 6) is -0.749.